The lowest BCUT2D eigenvalue weighted by Crippen LogP contribution is -2.08. The fourth-order valence-electron chi connectivity index (χ4n) is 1.24. The van der Waals surface area contributed by atoms with Crippen LogP contribution in [0.5, 0.6) is 0 Å². The third-order valence-corrected chi connectivity index (χ3v) is 2.93. The van der Waals surface area contributed by atoms with Crippen molar-refractivity contribution in [2.45, 2.75) is 6.54 Å². The first-order valence-electron chi connectivity index (χ1n) is 4.97. The van der Waals surface area contributed by atoms with Crippen molar-refractivity contribution < 1.29 is 9.53 Å². The molecule has 6 heteroatoms. The number of rotatable bonds is 4. The van der Waals surface area contributed by atoms with Crippen LogP contribution in [0.15, 0.2) is 29.8 Å². The Balaban J connectivity index is 2.03. The molecule has 0 saturated carbocycles. The number of thiophene rings is 1. The summed E-state index contributed by atoms with van der Waals surface area (Å²) in [7, 11) is 1.32. The molecular weight excluding hydrogens is 238 g/mol. The Morgan fingerprint density at radius 2 is 2.41 bits per heavy atom. The average molecular weight is 249 g/mol. The SMILES string of the molecule is COC(=O)c1ccnc(NCc2cccs2)n1. The lowest BCUT2D eigenvalue weighted by atomic mass is 10.4. The number of carbonyl (C=O) groups is 1. The van der Waals surface area contributed by atoms with Crippen LogP contribution >= 0.6 is 11.3 Å². The van der Waals surface area contributed by atoms with Crippen molar-refractivity contribution in [2.75, 3.05) is 12.4 Å². The topological polar surface area (TPSA) is 64.1 Å². The van der Waals surface area contributed by atoms with Gasteiger partial charge in [-0.25, -0.2) is 14.8 Å². The maximum atomic E-state index is 11.3. The van der Waals surface area contributed by atoms with E-state index in [1.54, 1.807) is 11.3 Å². The van der Waals surface area contributed by atoms with Crippen LogP contribution in [0, 0.1) is 0 Å². The smallest absolute Gasteiger partial charge is 0.356 e. The van der Waals surface area contributed by atoms with E-state index in [9.17, 15) is 4.79 Å². The van der Waals surface area contributed by atoms with Crippen LogP contribution < -0.4 is 5.32 Å². The highest BCUT2D eigenvalue weighted by Crippen LogP contribution is 2.10. The third-order valence-electron chi connectivity index (χ3n) is 2.05. The molecule has 0 atom stereocenters. The van der Waals surface area contributed by atoms with Crippen molar-refractivity contribution in [1.82, 2.24) is 9.97 Å². The van der Waals surface area contributed by atoms with Gasteiger partial charge in [0.15, 0.2) is 5.69 Å². The monoisotopic (exact) mass is 249 g/mol. The molecule has 0 amide bonds. The molecular formula is C11H11N3O2S. The second-order valence-corrected chi connectivity index (χ2v) is 4.22. The van der Waals surface area contributed by atoms with Crippen LogP contribution in [0.2, 0.25) is 0 Å². The summed E-state index contributed by atoms with van der Waals surface area (Å²) in [5.74, 6) is -0.0483. The number of hydrogen-bond acceptors (Lipinski definition) is 6. The van der Waals surface area contributed by atoms with Gasteiger partial charge in [0.05, 0.1) is 13.7 Å². The molecule has 0 fully saturated rings. The van der Waals surface area contributed by atoms with Crippen LogP contribution in [0.1, 0.15) is 15.4 Å². The van der Waals surface area contributed by atoms with Gasteiger partial charge >= 0.3 is 5.97 Å². The Labute approximate surface area is 102 Å². The molecule has 17 heavy (non-hydrogen) atoms. The van der Waals surface area contributed by atoms with Crippen LogP contribution in [0.3, 0.4) is 0 Å². The van der Waals surface area contributed by atoms with Gasteiger partial charge in [0, 0.05) is 11.1 Å². The molecule has 1 N–H and O–H groups in total. The predicted molar refractivity (Wildman–Crippen MR) is 65.0 cm³/mol. The highest BCUT2D eigenvalue weighted by Gasteiger charge is 2.08. The number of hydrogen-bond donors (Lipinski definition) is 1. The minimum Gasteiger partial charge on any atom is -0.464 e. The number of nitrogens with zero attached hydrogens (tertiary/aromatic N) is 2. The van der Waals surface area contributed by atoms with Gasteiger partial charge in [-0.15, -0.1) is 11.3 Å². The zero-order valence-electron chi connectivity index (χ0n) is 9.21. The lowest BCUT2D eigenvalue weighted by molar-refractivity contribution is 0.0594. The molecule has 2 aromatic heterocycles. The molecule has 5 nitrogen and oxygen atoms in total. The summed E-state index contributed by atoms with van der Waals surface area (Å²) >= 11 is 1.65. The molecule has 0 aromatic carbocycles. The van der Waals surface area contributed by atoms with E-state index in [1.165, 1.54) is 24.3 Å². The fourth-order valence-corrected chi connectivity index (χ4v) is 1.89. The van der Waals surface area contributed by atoms with Crippen LogP contribution in [0.4, 0.5) is 5.95 Å². The summed E-state index contributed by atoms with van der Waals surface area (Å²) in [5.41, 5.74) is 0.246. The molecule has 0 aliphatic carbocycles. The fraction of sp³-hybridized carbons (Fsp3) is 0.182. The van der Waals surface area contributed by atoms with Gasteiger partial charge < -0.3 is 10.1 Å². The minimum atomic E-state index is -0.466. The number of carbonyl (C=O) groups excluding carboxylic acids is 1. The molecule has 0 aliphatic heterocycles. The molecule has 0 spiro atoms. The number of esters is 1. The number of methoxy groups -OCH3 is 1. The summed E-state index contributed by atoms with van der Waals surface area (Å²) in [6.45, 7) is 0.641. The molecule has 2 aromatic rings. The largest absolute Gasteiger partial charge is 0.464 e. The first-order chi connectivity index (χ1) is 8.29. The van der Waals surface area contributed by atoms with Crippen molar-refractivity contribution >= 4 is 23.3 Å². The molecule has 88 valence electrons. The number of nitrogens with one attached hydrogen (secondary N) is 1. The molecule has 0 unspecified atom stereocenters. The van der Waals surface area contributed by atoms with Gasteiger partial charge in [0.1, 0.15) is 0 Å². The molecule has 0 saturated heterocycles. The Hall–Kier alpha value is -1.95. The Morgan fingerprint density at radius 1 is 1.53 bits per heavy atom. The van der Waals surface area contributed by atoms with Crippen molar-refractivity contribution in [3.8, 4) is 0 Å². The van der Waals surface area contributed by atoms with E-state index in [-0.39, 0.29) is 5.69 Å². The van der Waals surface area contributed by atoms with Gasteiger partial charge in [-0.2, -0.15) is 0 Å². The van der Waals surface area contributed by atoms with E-state index >= 15 is 0 Å². The third kappa shape index (κ3) is 3.01. The maximum Gasteiger partial charge on any atom is 0.356 e. The summed E-state index contributed by atoms with van der Waals surface area (Å²) in [6.07, 6.45) is 1.52. The van der Waals surface area contributed by atoms with Crippen LogP contribution in [0.25, 0.3) is 0 Å². The van der Waals surface area contributed by atoms with Crippen LogP contribution in [-0.4, -0.2) is 23.0 Å². The Kier molecular flexibility index (Phi) is 3.66. The summed E-state index contributed by atoms with van der Waals surface area (Å²) < 4.78 is 4.59. The standard InChI is InChI=1S/C11H11N3O2S/c1-16-10(15)9-4-5-12-11(14-9)13-7-8-3-2-6-17-8/h2-6H,7H2,1H3,(H,12,13,14). The molecule has 0 bridgehead atoms. The molecule has 0 aliphatic rings. The van der Waals surface area contributed by atoms with Gasteiger partial charge in [-0.05, 0) is 17.5 Å². The predicted octanol–water partition coefficient (Wildman–Crippen LogP) is 1.94. The normalized spacial score (nSPS) is 9.94. The van der Waals surface area contributed by atoms with E-state index in [4.69, 9.17) is 0 Å². The summed E-state index contributed by atoms with van der Waals surface area (Å²) in [6, 6.07) is 5.51. The first-order valence-corrected chi connectivity index (χ1v) is 5.85. The second kappa shape index (κ2) is 5.40. The van der Waals surface area contributed by atoms with E-state index < -0.39 is 5.97 Å². The molecule has 2 heterocycles. The van der Waals surface area contributed by atoms with E-state index in [1.807, 2.05) is 17.5 Å². The Morgan fingerprint density at radius 3 is 3.12 bits per heavy atom. The first kappa shape index (κ1) is 11.5. The number of ether oxygens (including phenoxy) is 1. The number of aromatic nitrogens is 2. The molecule has 0 radical (unpaired) electrons. The quantitative estimate of drug-likeness (QED) is 0.839. The maximum absolute atomic E-state index is 11.3. The average Bonchev–Trinajstić information content (AvgIpc) is 2.89. The summed E-state index contributed by atoms with van der Waals surface area (Å²) in [4.78, 5) is 20.5. The van der Waals surface area contributed by atoms with E-state index in [0.29, 0.717) is 12.5 Å². The van der Waals surface area contributed by atoms with E-state index in [2.05, 4.69) is 20.0 Å². The van der Waals surface area contributed by atoms with Crippen LogP contribution in [-0.2, 0) is 11.3 Å². The van der Waals surface area contributed by atoms with Gasteiger partial charge in [0.2, 0.25) is 5.95 Å². The second-order valence-electron chi connectivity index (χ2n) is 3.19. The highest BCUT2D eigenvalue weighted by atomic mass is 32.1. The van der Waals surface area contributed by atoms with Crippen molar-refractivity contribution in [1.29, 1.82) is 0 Å². The number of anilines is 1. The van der Waals surface area contributed by atoms with E-state index in [0.717, 1.165) is 0 Å². The zero-order chi connectivity index (χ0) is 12.1. The van der Waals surface area contributed by atoms with Crippen molar-refractivity contribution in [3.63, 3.8) is 0 Å². The van der Waals surface area contributed by atoms with Crippen molar-refractivity contribution in [2.24, 2.45) is 0 Å². The van der Waals surface area contributed by atoms with Gasteiger partial charge in [-0.3, -0.25) is 0 Å². The highest BCUT2D eigenvalue weighted by molar-refractivity contribution is 7.09. The Bertz CT molecular complexity index is 499. The van der Waals surface area contributed by atoms with Gasteiger partial charge in [-0.1, -0.05) is 6.07 Å². The van der Waals surface area contributed by atoms with Crippen molar-refractivity contribution in [3.05, 3.63) is 40.3 Å². The van der Waals surface area contributed by atoms with Gasteiger partial charge in [0.25, 0.3) is 0 Å². The minimum absolute atomic E-state index is 0.246. The summed E-state index contributed by atoms with van der Waals surface area (Å²) in [5, 5.41) is 5.05. The lowest BCUT2D eigenvalue weighted by Gasteiger charge is -2.04. The zero-order valence-corrected chi connectivity index (χ0v) is 10.0. The molecule has 2 rings (SSSR count).